The molecule has 18 heavy (non-hydrogen) atoms. The number of hydrogen-bond acceptors (Lipinski definition) is 4. The first-order chi connectivity index (χ1) is 8.66. The fourth-order valence-electron chi connectivity index (χ4n) is 1.58. The summed E-state index contributed by atoms with van der Waals surface area (Å²) in [6.45, 7) is 2.20. The number of aliphatic hydroxyl groups excluding tert-OH is 1. The lowest BCUT2D eigenvalue weighted by Crippen LogP contribution is -2.14. The minimum absolute atomic E-state index is 0.313. The lowest BCUT2D eigenvalue weighted by molar-refractivity contribution is 0.191. The van der Waals surface area contributed by atoms with E-state index in [4.69, 9.17) is 11.6 Å². The van der Waals surface area contributed by atoms with Gasteiger partial charge in [0.25, 0.3) is 0 Å². The molecule has 0 bridgehead atoms. The standard InChI is InChI=1S/C13H14ClN3O/c1-9-6-7-15-13(17-9)16-8-12(18)10-4-2-3-5-11(10)14/h2-7,12,18H,8H2,1H3,(H,15,16,17). The lowest BCUT2D eigenvalue weighted by atomic mass is 10.1. The maximum atomic E-state index is 10.0. The quantitative estimate of drug-likeness (QED) is 0.890. The third kappa shape index (κ3) is 3.18. The van der Waals surface area contributed by atoms with Gasteiger partial charge in [-0.2, -0.15) is 0 Å². The molecule has 0 saturated carbocycles. The Hall–Kier alpha value is -1.65. The summed E-state index contributed by atoms with van der Waals surface area (Å²) in [7, 11) is 0. The molecule has 0 aliphatic rings. The Morgan fingerprint density at radius 3 is 2.83 bits per heavy atom. The number of anilines is 1. The van der Waals surface area contributed by atoms with Gasteiger partial charge in [-0.05, 0) is 19.1 Å². The Morgan fingerprint density at radius 2 is 2.11 bits per heavy atom. The van der Waals surface area contributed by atoms with Crippen LogP contribution in [0.2, 0.25) is 5.02 Å². The van der Waals surface area contributed by atoms with Gasteiger partial charge in [0.2, 0.25) is 5.95 Å². The molecular weight excluding hydrogens is 250 g/mol. The van der Waals surface area contributed by atoms with E-state index < -0.39 is 6.10 Å². The molecule has 0 aliphatic heterocycles. The first-order valence-electron chi connectivity index (χ1n) is 5.63. The number of hydrogen-bond donors (Lipinski definition) is 2. The first kappa shape index (κ1) is 12.8. The SMILES string of the molecule is Cc1ccnc(NCC(O)c2ccccc2Cl)n1. The summed E-state index contributed by atoms with van der Waals surface area (Å²) in [6, 6.07) is 9.04. The highest BCUT2D eigenvalue weighted by Gasteiger charge is 2.11. The average Bonchev–Trinajstić information content (AvgIpc) is 2.37. The van der Waals surface area contributed by atoms with Gasteiger partial charge in [-0.25, -0.2) is 9.97 Å². The van der Waals surface area contributed by atoms with E-state index in [1.54, 1.807) is 18.3 Å². The molecule has 0 aliphatic carbocycles. The van der Waals surface area contributed by atoms with Gasteiger partial charge in [-0.3, -0.25) is 0 Å². The van der Waals surface area contributed by atoms with Crippen molar-refractivity contribution in [3.63, 3.8) is 0 Å². The van der Waals surface area contributed by atoms with E-state index >= 15 is 0 Å². The fraction of sp³-hybridized carbons (Fsp3) is 0.231. The van der Waals surface area contributed by atoms with E-state index in [1.807, 2.05) is 25.1 Å². The molecule has 2 rings (SSSR count). The van der Waals surface area contributed by atoms with Crippen LogP contribution in [-0.4, -0.2) is 21.6 Å². The zero-order valence-corrected chi connectivity index (χ0v) is 10.7. The van der Waals surface area contributed by atoms with Crippen LogP contribution in [0.25, 0.3) is 0 Å². The fourth-order valence-corrected chi connectivity index (χ4v) is 1.84. The van der Waals surface area contributed by atoms with Crippen molar-refractivity contribution in [2.24, 2.45) is 0 Å². The molecule has 5 heteroatoms. The molecule has 2 aromatic rings. The molecule has 0 spiro atoms. The maximum Gasteiger partial charge on any atom is 0.222 e. The average molecular weight is 264 g/mol. The van der Waals surface area contributed by atoms with Gasteiger partial charge in [0.15, 0.2) is 0 Å². The van der Waals surface area contributed by atoms with Gasteiger partial charge in [0.1, 0.15) is 0 Å². The largest absolute Gasteiger partial charge is 0.387 e. The zero-order valence-electron chi connectivity index (χ0n) is 9.97. The summed E-state index contributed by atoms with van der Waals surface area (Å²) >= 11 is 6.01. The van der Waals surface area contributed by atoms with Crippen molar-refractivity contribution in [3.05, 3.63) is 52.8 Å². The van der Waals surface area contributed by atoms with Gasteiger partial charge in [0, 0.05) is 29.0 Å². The Kier molecular flexibility index (Phi) is 4.12. The minimum Gasteiger partial charge on any atom is -0.387 e. The first-order valence-corrected chi connectivity index (χ1v) is 6.00. The van der Waals surface area contributed by atoms with E-state index in [9.17, 15) is 5.11 Å². The number of halogens is 1. The molecule has 0 fully saturated rings. The Bertz CT molecular complexity index is 533. The van der Waals surface area contributed by atoms with Crippen molar-refractivity contribution in [2.75, 3.05) is 11.9 Å². The number of aryl methyl sites for hydroxylation is 1. The molecule has 1 atom stereocenters. The second-order valence-electron chi connectivity index (χ2n) is 3.94. The predicted octanol–water partition coefficient (Wildman–Crippen LogP) is 2.58. The van der Waals surface area contributed by atoms with Crippen LogP contribution < -0.4 is 5.32 Å². The molecule has 4 nitrogen and oxygen atoms in total. The smallest absolute Gasteiger partial charge is 0.222 e. The number of benzene rings is 1. The second-order valence-corrected chi connectivity index (χ2v) is 4.35. The molecule has 1 unspecified atom stereocenters. The molecule has 2 N–H and O–H groups in total. The summed E-state index contributed by atoms with van der Waals surface area (Å²) in [5.41, 5.74) is 1.57. The number of aromatic nitrogens is 2. The van der Waals surface area contributed by atoms with Crippen LogP contribution in [0, 0.1) is 6.92 Å². The summed E-state index contributed by atoms with van der Waals surface area (Å²) in [6.07, 6.45) is 0.981. The Morgan fingerprint density at radius 1 is 1.33 bits per heavy atom. The van der Waals surface area contributed by atoms with E-state index in [1.165, 1.54) is 0 Å². The minimum atomic E-state index is -0.692. The lowest BCUT2D eigenvalue weighted by Gasteiger charge is -2.13. The summed E-state index contributed by atoms with van der Waals surface area (Å²) < 4.78 is 0. The van der Waals surface area contributed by atoms with Crippen molar-refractivity contribution in [1.29, 1.82) is 0 Å². The van der Waals surface area contributed by atoms with Gasteiger partial charge in [-0.1, -0.05) is 29.8 Å². The number of nitrogens with one attached hydrogen (secondary N) is 1. The maximum absolute atomic E-state index is 10.0. The van der Waals surface area contributed by atoms with Crippen LogP contribution in [0.15, 0.2) is 36.5 Å². The van der Waals surface area contributed by atoms with Crippen LogP contribution in [0.4, 0.5) is 5.95 Å². The number of rotatable bonds is 4. The van der Waals surface area contributed by atoms with Crippen LogP contribution in [0.1, 0.15) is 17.4 Å². The number of nitrogens with zero attached hydrogens (tertiary/aromatic N) is 2. The van der Waals surface area contributed by atoms with E-state index in [0.717, 1.165) is 5.69 Å². The van der Waals surface area contributed by atoms with Crippen LogP contribution in [0.3, 0.4) is 0 Å². The van der Waals surface area contributed by atoms with Crippen LogP contribution in [-0.2, 0) is 0 Å². The highest BCUT2D eigenvalue weighted by Crippen LogP contribution is 2.22. The molecule has 0 saturated heterocycles. The molecule has 0 radical (unpaired) electrons. The Balaban J connectivity index is 2.00. The highest BCUT2D eigenvalue weighted by molar-refractivity contribution is 6.31. The van der Waals surface area contributed by atoms with E-state index in [0.29, 0.717) is 23.1 Å². The summed E-state index contributed by atoms with van der Waals surface area (Å²) in [4.78, 5) is 8.26. The van der Waals surface area contributed by atoms with Crippen LogP contribution >= 0.6 is 11.6 Å². The monoisotopic (exact) mass is 263 g/mol. The van der Waals surface area contributed by atoms with Crippen molar-refractivity contribution in [3.8, 4) is 0 Å². The topological polar surface area (TPSA) is 58.0 Å². The van der Waals surface area contributed by atoms with Gasteiger partial charge in [-0.15, -0.1) is 0 Å². The molecule has 1 aromatic heterocycles. The van der Waals surface area contributed by atoms with Gasteiger partial charge >= 0.3 is 0 Å². The molecule has 1 aromatic carbocycles. The van der Waals surface area contributed by atoms with E-state index in [-0.39, 0.29) is 0 Å². The van der Waals surface area contributed by atoms with Crippen molar-refractivity contribution in [2.45, 2.75) is 13.0 Å². The van der Waals surface area contributed by atoms with Crippen LogP contribution in [0.5, 0.6) is 0 Å². The normalized spacial score (nSPS) is 12.2. The molecule has 1 heterocycles. The number of aliphatic hydroxyl groups is 1. The summed E-state index contributed by atoms with van der Waals surface area (Å²) in [5.74, 6) is 0.501. The van der Waals surface area contributed by atoms with Crippen molar-refractivity contribution >= 4 is 17.5 Å². The van der Waals surface area contributed by atoms with Gasteiger partial charge < -0.3 is 10.4 Å². The van der Waals surface area contributed by atoms with Crippen molar-refractivity contribution < 1.29 is 5.11 Å². The molecule has 0 amide bonds. The molecular formula is C13H14ClN3O. The third-order valence-corrected chi connectivity index (χ3v) is 2.86. The highest BCUT2D eigenvalue weighted by atomic mass is 35.5. The second kappa shape index (κ2) is 5.80. The Labute approximate surface area is 111 Å². The van der Waals surface area contributed by atoms with Gasteiger partial charge in [0.05, 0.1) is 6.10 Å². The van der Waals surface area contributed by atoms with E-state index in [2.05, 4.69) is 15.3 Å². The zero-order chi connectivity index (χ0) is 13.0. The third-order valence-electron chi connectivity index (χ3n) is 2.51. The summed E-state index contributed by atoms with van der Waals surface area (Å²) in [5, 5.41) is 13.6. The molecule has 94 valence electrons. The predicted molar refractivity (Wildman–Crippen MR) is 71.7 cm³/mol. The van der Waals surface area contributed by atoms with Crippen molar-refractivity contribution in [1.82, 2.24) is 9.97 Å².